The number of anilines is 1. The van der Waals surface area contributed by atoms with Gasteiger partial charge in [0.2, 0.25) is 11.8 Å². The van der Waals surface area contributed by atoms with E-state index in [1.165, 1.54) is 4.90 Å². The number of rotatable bonds is 3. The van der Waals surface area contributed by atoms with Gasteiger partial charge in [-0.3, -0.25) is 14.4 Å². The molecule has 0 spiro atoms. The second-order valence-corrected chi connectivity index (χ2v) is 6.92. The van der Waals surface area contributed by atoms with Gasteiger partial charge in [0.1, 0.15) is 5.25 Å². The SMILES string of the molecule is CN1CCN(C(=O)C[C@@H]2SC(=O)N(c3ccccc3)C2=O)CC1. The third-order valence-electron chi connectivity index (χ3n) is 4.15. The van der Waals surface area contributed by atoms with Crippen molar-refractivity contribution in [2.75, 3.05) is 38.1 Å². The topological polar surface area (TPSA) is 60.9 Å². The number of amides is 3. The standard InChI is InChI=1S/C16H19N3O3S/c1-17-7-9-18(10-8-17)14(20)11-13-15(21)19(16(22)23-13)12-5-3-2-4-6-12/h2-6,13H,7-11H2,1H3/t13-/m0/s1. The second-order valence-electron chi connectivity index (χ2n) is 5.77. The lowest BCUT2D eigenvalue weighted by atomic mass is 10.2. The number of carbonyl (C=O) groups is 3. The Labute approximate surface area is 139 Å². The molecule has 2 saturated heterocycles. The molecule has 2 aliphatic heterocycles. The van der Waals surface area contributed by atoms with Crippen LogP contribution in [0.5, 0.6) is 0 Å². The molecule has 122 valence electrons. The lowest BCUT2D eigenvalue weighted by Crippen LogP contribution is -2.48. The van der Waals surface area contributed by atoms with E-state index < -0.39 is 5.25 Å². The molecule has 2 heterocycles. The van der Waals surface area contributed by atoms with E-state index in [0.29, 0.717) is 18.8 Å². The summed E-state index contributed by atoms with van der Waals surface area (Å²) in [5, 5.41) is -0.924. The summed E-state index contributed by atoms with van der Waals surface area (Å²) >= 11 is 0.949. The van der Waals surface area contributed by atoms with Gasteiger partial charge in [-0.2, -0.15) is 0 Å². The third-order valence-corrected chi connectivity index (χ3v) is 5.19. The molecule has 0 saturated carbocycles. The highest BCUT2D eigenvalue weighted by Gasteiger charge is 2.42. The van der Waals surface area contributed by atoms with Crippen LogP contribution in [-0.2, 0) is 9.59 Å². The predicted octanol–water partition coefficient (Wildman–Crippen LogP) is 1.42. The van der Waals surface area contributed by atoms with Crippen molar-refractivity contribution in [3.63, 3.8) is 0 Å². The van der Waals surface area contributed by atoms with Crippen molar-refractivity contribution in [3.05, 3.63) is 30.3 Å². The zero-order chi connectivity index (χ0) is 16.4. The van der Waals surface area contributed by atoms with Crippen molar-refractivity contribution in [2.24, 2.45) is 0 Å². The van der Waals surface area contributed by atoms with Gasteiger partial charge in [0, 0.05) is 32.6 Å². The van der Waals surface area contributed by atoms with E-state index in [9.17, 15) is 14.4 Å². The van der Waals surface area contributed by atoms with Gasteiger partial charge in [0.25, 0.3) is 5.24 Å². The first-order valence-electron chi connectivity index (χ1n) is 7.62. The molecule has 23 heavy (non-hydrogen) atoms. The smallest absolute Gasteiger partial charge is 0.293 e. The molecule has 1 aromatic carbocycles. The number of imide groups is 1. The van der Waals surface area contributed by atoms with Gasteiger partial charge in [-0.25, -0.2) is 4.90 Å². The van der Waals surface area contributed by atoms with Crippen molar-refractivity contribution >= 4 is 34.5 Å². The average Bonchev–Trinajstić information content (AvgIpc) is 2.82. The highest BCUT2D eigenvalue weighted by molar-refractivity contribution is 8.15. The highest BCUT2D eigenvalue weighted by Crippen LogP contribution is 2.33. The maximum Gasteiger partial charge on any atom is 0.293 e. The minimum atomic E-state index is -0.616. The number of thioether (sulfide) groups is 1. The first-order chi connectivity index (χ1) is 11.1. The van der Waals surface area contributed by atoms with Gasteiger partial charge in [0.15, 0.2) is 0 Å². The van der Waals surface area contributed by atoms with Crippen LogP contribution in [0, 0.1) is 0 Å². The summed E-state index contributed by atoms with van der Waals surface area (Å²) in [7, 11) is 2.02. The molecule has 1 aromatic rings. The van der Waals surface area contributed by atoms with Crippen LogP contribution in [0.1, 0.15) is 6.42 Å². The third kappa shape index (κ3) is 3.40. The van der Waals surface area contributed by atoms with E-state index in [2.05, 4.69) is 4.90 Å². The fourth-order valence-electron chi connectivity index (χ4n) is 2.74. The molecule has 2 aliphatic rings. The number of benzene rings is 1. The van der Waals surface area contributed by atoms with Crippen LogP contribution in [0.3, 0.4) is 0 Å². The molecule has 7 heteroatoms. The Hall–Kier alpha value is -1.86. The fraction of sp³-hybridized carbons (Fsp3) is 0.438. The molecule has 0 N–H and O–H groups in total. The normalized spacial score (nSPS) is 22.7. The monoisotopic (exact) mass is 333 g/mol. The molecule has 0 aliphatic carbocycles. The van der Waals surface area contributed by atoms with Crippen molar-refractivity contribution in [2.45, 2.75) is 11.7 Å². The summed E-state index contributed by atoms with van der Waals surface area (Å²) < 4.78 is 0. The Morgan fingerprint density at radius 1 is 1.13 bits per heavy atom. The molecular weight excluding hydrogens is 314 g/mol. The molecule has 3 rings (SSSR count). The molecule has 2 fully saturated rings. The molecule has 0 aromatic heterocycles. The van der Waals surface area contributed by atoms with E-state index in [1.54, 1.807) is 29.2 Å². The number of carbonyl (C=O) groups excluding carboxylic acids is 3. The summed E-state index contributed by atoms with van der Waals surface area (Å²) in [6.07, 6.45) is 0.0856. The van der Waals surface area contributed by atoms with Crippen LogP contribution < -0.4 is 4.90 Å². The maximum atomic E-state index is 12.5. The fourth-order valence-corrected chi connectivity index (χ4v) is 3.72. The Kier molecular flexibility index (Phi) is 4.68. The minimum absolute atomic E-state index is 0.0494. The molecule has 0 bridgehead atoms. The Morgan fingerprint density at radius 3 is 2.43 bits per heavy atom. The number of hydrogen-bond acceptors (Lipinski definition) is 5. The average molecular weight is 333 g/mol. The highest BCUT2D eigenvalue weighted by atomic mass is 32.2. The summed E-state index contributed by atoms with van der Waals surface area (Å²) in [4.78, 5) is 42.1. The quantitative estimate of drug-likeness (QED) is 0.837. The second kappa shape index (κ2) is 6.72. The molecule has 0 radical (unpaired) electrons. The van der Waals surface area contributed by atoms with Crippen molar-refractivity contribution in [1.29, 1.82) is 0 Å². The van der Waals surface area contributed by atoms with Crippen LogP contribution in [0.15, 0.2) is 30.3 Å². The Bertz CT molecular complexity index is 614. The first-order valence-corrected chi connectivity index (χ1v) is 8.50. The Morgan fingerprint density at radius 2 is 1.78 bits per heavy atom. The van der Waals surface area contributed by atoms with E-state index in [-0.39, 0.29) is 23.5 Å². The summed E-state index contributed by atoms with van der Waals surface area (Å²) in [6, 6.07) is 8.84. The van der Waals surface area contributed by atoms with E-state index in [1.807, 2.05) is 13.1 Å². The molecule has 6 nitrogen and oxygen atoms in total. The maximum absolute atomic E-state index is 12.5. The minimum Gasteiger partial charge on any atom is -0.340 e. The number of nitrogens with zero attached hydrogens (tertiary/aromatic N) is 3. The molecular formula is C16H19N3O3S. The number of hydrogen-bond donors (Lipinski definition) is 0. The van der Waals surface area contributed by atoms with Crippen molar-refractivity contribution < 1.29 is 14.4 Å². The van der Waals surface area contributed by atoms with Gasteiger partial charge >= 0.3 is 0 Å². The summed E-state index contributed by atoms with van der Waals surface area (Å²) in [5.74, 6) is -0.347. The summed E-state index contributed by atoms with van der Waals surface area (Å²) in [6.45, 7) is 3.04. The largest absolute Gasteiger partial charge is 0.340 e. The lowest BCUT2D eigenvalue weighted by Gasteiger charge is -2.32. The zero-order valence-corrected chi connectivity index (χ0v) is 13.8. The zero-order valence-electron chi connectivity index (χ0n) is 13.0. The lowest BCUT2D eigenvalue weighted by molar-refractivity contribution is -0.134. The van der Waals surface area contributed by atoms with Crippen LogP contribution >= 0.6 is 11.8 Å². The van der Waals surface area contributed by atoms with E-state index in [0.717, 1.165) is 24.9 Å². The van der Waals surface area contributed by atoms with Crippen LogP contribution in [0.25, 0.3) is 0 Å². The molecule has 3 amide bonds. The van der Waals surface area contributed by atoms with Gasteiger partial charge < -0.3 is 9.80 Å². The van der Waals surface area contributed by atoms with Crippen LogP contribution in [0.4, 0.5) is 10.5 Å². The van der Waals surface area contributed by atoms with Gasteiger partial charge in [-0.1, -0.05) is 18.2 Å². The van der Waals surface area contributed by atoms with Crippen molar-refractivity contribution in [3.8, 4) is 0 Å². The van der Waals surface area contributed by atoms with Gasteiger partial charge in [-0.05, 0) is 30.9 Å². The first kappa shape index (κ1) is 16.0. The number of para-hydroxylation sites is 1. The van der Waals surface area contributed by atoms with E-state index >= 15 is 0 Å². The van der Waals surface area contributed by atoms with Crippen LogP contribution in [0.2, 0.25) is 0 Å². The molecule has 1 atom stereocenters. The molecule has 0 unspecified atom stereocenters. The van der Waals surface area contributed by atoms with Crippen LogP contribution in [-0.4, -0.2) is 65.3 Å². The number of likely N-dealkylation sites (N-methyl/N-ethyl adjacent to an activating group) is 1. The Balaban J connectivity index is 1.64. The van der Waals surface area contributed by atoms with Gasteiger partial charge in [0.05, 0.1) is 5.69 Å². The van der Waals surface area contributed by atoms with Crippen molar-refractivity contribution in [1.82, 2.24) is 9.80 Å². The van der Waals surface area contributed by atoms with Gasteiger partial charge in [-0.15, -0.1) is 0 Å². The predicted molar refractivity (Wildman–Crippen MR) is 89.4 cm³/mol. The number of piperazine rings is 1. The summed E-state index contributed by atoms with van der Waals surface area (Å²) in [5.41, 5.74) is 0.560. The van der Waals surface area contributed by atoms with E-state index in [4.69, 9.17) is 0 Å².